The largest absolute Gasteiger partial charge is 0.472 e. The van der Waals surface area contributed by atoms with E-state index in [4.69, 9.17) is 4.42 Å². The topological polar surface area (TPSA) is 57.5 Å². The van der Waals surface area contributed by atoms with E-state index < -0.39 is 0 Å². The first-order valence-electron chi connectivity index (χ1n) is 8.58. The van der Waals surface area contributed by atoms with Crippen molar-refractivity contribution < 1.29 is 9.21 Å². The Morgan fingerprint density at radius 1 is 1.17 bits per heavy atom. The first-order valence-corrected chi connectivity index (χ1v) is 8.58. The van der Waals surface area contributed by atoms with Crippen molar-refractivity contribution in [2.45, 2.75) is 25.9 Å². The van der Waals surface area contributed by atoms with Crippen molar-refractivity contribution in [2.24, 2.45) is 5.92 Å². The molecular weight excluding hydrogens is 302 g/mol. The lowest BCUT2D eigenvalue weighted by Crippen LogP contribution is -2.43. The van der Waals surface area contributed by atoms with Gasteiger partial charge in [-0.05, 0) is 36.9 Å². The molecule has 1 fully saturated rings. The summed E-state index contributed by atoms with van der Waals surface area (Å²) < 4.78 is 4.99. The van der Waals surface area contributed by atoms with Gasteiger partial charge < -0.3 is 15.1 Å². The summed E-state index contributed by atoms with van der Waals surface area (Å²) in [5.41, 5.74) is 2.32. The molecule has 0 aliphatic carbocycles. The van der Waals surface area contributed by atoms with Crippen molar-refractivity contribution in [1.82, 2.24) is 15.5 Å². The van der Waals surface area contributed by atoms with Crippen LogP contribution in [0.5, 0.6) is 0 Å². The maximum Gasteiger partial charge on any atom is 0.315 e. The van der Waals surface area contributed by atoms with E-state index >= 15 is 0 Å². The quantitative estimate of drug-likeness (QED) is 0.857. The van der Waals surface area contributed by atoms with E-state index in [2.05, 4.69) is 45.9 Å². The zero-order valence-corrected chi connectivity index (χ0v) is 13.9. The highest BCUT2D eigenvalue weighted by Crippen LogP contribution is 2.18. The first-order chi connectivity index (χ1) is 11.8. The molecule has 24 heavy (non-hydrogen) atoms. The molecule has 5 heteroatoms. The van der Waals surface area contributed by atoms with Crippen LogP contribution in [-0.2, 0) is 13.1 Å². The number of likely N-dealkylation sites (tertiary alicyclic amines) is 1. The number of carbonyl (C=O) groups excluding carboxylic acids is 1. The minimum absolute atomic E-state index is 0.114. The van der Waals surface area contributed by atoms with E-state index in [0.29, 0.717) is 12.5 Å². The van der Waals surface area contributed by atoms with Gasteiger partial charge in [-0.25, -0.2) is 4.79 Å². The standard InChI is InChI=1S/C19H25N3O2/c23-19(21-12-18-8-10-24-15-18)20-11-17-7-4-9-22(14-17)13-16-5-2-1-3-6-16/h1-3,5-6,8,10,15,17H,4,7,9,11-14H2,(H2,20,21,23)/t17-/m1/s1. The van der Waals surface area contributed by atoms with Crippen LogP contribution in [0.15, 0.2) is 53.3 Å². The molecule has 1 aromatic heterocycles. The van der Waals surface area contributed by atoms with Crippen molar-refractivity contribution in [2.75, 3.05) is 19.6 Å². The van der Waals surface area contributed by atoms with Gasteiger partial charge >= 0.3 is 6.03 Å². The number of benzene rings is 1. The van der Waals surface area contributed by atoms with Gasteiger partial charge in [0.1, 0.15) is 0 Å². The molecule has 0 unspecified atom stereocenters. The number of urea groups is 1. The molecule has 0 bridgehead atoms. The number of carbonyl (C=O) groups is 1. The van der Waals surface area contributed by atoms with Crippen LogP contribution in [0.25, 0.3) is 0 Å². The lowest BCUT2D eigenvalue weighted by Gasteiger charge is -2.32. The lowest BCUT2D eigenvalue weighted by atomic mass is 9.97. The monoisotopic (exact) mass is 327 g/mol. The third kappa shape index (κ3) is 5.13. The zero-order valence-electron chi connectivity index (χ0n) is 13.9. The van der Waals surface area contributed by atoms with Crippen LogP contribution in [-0.4, -0.2) is 30.6 Å². The Labute approximate surface area is 143 Å². The first kappa shape index (κ1) is 16.6. The molecule has 0 spiro atoms. The van der Waals surface area contributed by atoms with Crippen molar-refractivity contribution >= 4 is 6.03 Å². The summed E-state index contributed by atoms with van der Waals surface area (Å²) in [6.45, 7) is 4.38. The minimum atomic E-state index is -0.114. The van der Waals surface area contributed by atoms with Gasteiger partial charge in [0.2, 0.25) is 0 Å². The second-order valence-corrected chi connectivity index (χ2v) is 6.42. The molecule has 2 N–H and O–H groups in total. The van der Waals surface area contributed by atoms with Crippen molar-refractivity contribution in [3.63, 3.8) is 0 Å². The van der Waals surface area contributed by atoms with Gasteiger partial charge in [0.05, 0.1) is 12.5 Å². The molecule has 0 saturated carbocycles. The highest BCUT2D eigenvalue weighted by Gasteiger charge is 2.20. The van der Waals surface area contributed by atoms with Crippen molar-refractivity contribution in [3.05, 3.63) is 60.1 Å². The van der Waals surface area contributed by atoms with Crippen molar-refractivity contribution in [3.8, 4) is 0 Å². The third-order valence-electron chi connectivity index (χ3n) is 4.44. The summed E-state index contributed by atoms with van der Waals surface area (Å²) in [4.78, 5) is 14.4. The maximum absolute atomic E-state index is 11.9. The summed E-state index contributed by atoms with van der Waals surface area (Å²) in [6.07, 6.45) is 5.62. The van der Waals surface area contributed by atoms with Gasteiger partial charge in [0, 0.05) is 31.7 Å². The molecule has 1 aliphatic heterocycles. The second kappa shape index (κ2) is 8.55. The maximum atomic E-state index is 11.9. The molecule has 1 atom stereocenters. The Balaban J connectivity index is 1.38. The summed E-state index contributed by atoms with van der Waals surface area (Å²) in [5, 5.41) is 5.84. The predicted molar refractivity (Wildman–Crippen MR) is 93.4 cm³/mol. The van der Waals surface area contributed by atoms with E-state index in [0.717, 1.165) is 31.7 Å². The van der Waals surface area contributed by atoms with Crippen LogP contribution in [0.1, 0.15) is 24.0 Å². The van der Waals surface area contributed by atoms with Gasteiger partial charge in [-0.1, -0.05) is 30.3 Å². The van der Waals surface area contributed by atoms with Gasteiger partial charge in [-0.3, -0.25) is 4.90 Å². The number of furan rings is 1. The molecule has 128 valence electrons. The number of hydrogen-bond acceptors (Lipinski definition) is 3. The highest BCUT2D eigenvalue weighted by molar-refractivity contribution is 5.73. The summed E-state index contributed by atoms with van der Waals surface area (Å²) in [5.74, 6) is 0.516. The van der Waals surface area contributed by atoms with Gasteiger partial charge in [0.25, 0.3) is 0 Å². The third-order valence-corrected chi connectivity index (χ3v) is 4.44. The molecule has 2 amide bonds. The number of hydrogen-bond donors (Lipinski definition) is 2. The Bertz CT molecular complexity index is 613. The fourth-order valence-electron chi connectivity index (χ4n) is 3.18. The average molecular weight is 327 g/mol. The Morgan fingerprint density at radius 2 is 2.04 bits per heavy atom. The molecule has 5 nitrogen and oxygen atoms in total. The highest BCUT2D eigenvalue weighted by atomic mass is 16.3. The molecule has 2 aromatic rings. The zero-order chi connectivity index (χ0) is 16.6. The van der Waals surface area contributed by atoms with Crippen LogP contribution in [0, 0.1) is 5.92 Å². The molecule has 1 aliphatic rings. The molecule has 0 radical (unpaired) electrons. The van der Waals surface area contributed by atoms with E-state index in [9.17, 15) is 4.79 Å². The average Bonchev–Trinajstić information content (AvgIpc) is 3.13. The Morgan fingerprint density at radius 3 is 2.83 bits per heavy atom. The molecule has 1 aromatic carbocycles. The smallest absolute Gasteiger partial charge is 0.315 e. The summed E-state index contributed by atoms with van der Waals surface area (Å²) >= 11 is 0. The summed E-state index contributed by atoms with van der Waals surface area (Å²) in [7, 11) is 0. The number of nitrogens with zero attached hydrogens (tertiary/aromatic N) is 1. The lowest BCUT2D eigenvalue weighted by molar-refractivity contribution is 0.165. The van der Waals surface area contributed by atoms with E-state index in [1.54, 1.807) is 12.5 Å². The number of piperidine rings is 1. The fraction of sp³-hybridized carbons (Fsp3) is 0.421. The number of rotatable bonds is 6. The minimum Gasteiger partial charge on any atom is -0.472 e. The van der Waals surface area contributed by atoms with Crippen LogP contribution in [0.3, 0.4) is 0 Å². The van der Waals surface area contributed by atoms with Gasteiger partial charge in [-0.15, -0.1) is 0 Å². The van der Waals surface area contributed by atoms with E-state index in [-0.39, 0.29) is 6.03 Å². The van der Waals surface area contributed by atoms with Gasteiger partial charge in [0.15, 0.2) is 0 Å². The molecule has 3 rings (SSSR count). The van der Waals surface area contributed by atoms with Gasteiger partial charge in [-0.2, -0.15) is 0 Å². The molecule has 2 heterocycles. The fourth-order valence-corrected chi connectivity index (χ4v) is 3.18. The number of nitrogens with one attached hydrogen (secondary N) is 2. The second-order valence-electron chi connectivity index (χ2n) is 6.42. The van der Waals surface area contributed by atoms with Crippen LogP contribution in [0.4, 0.5) is 4.79 Å². The predicted octanol–water partition coefficient (Wildman–Crippen LogP) is 2.99. The molecule has 1 saturated heterocycles. The van der Waals surface area contributed by atoms with Crippen molar-refractivity contribution in [1.29, 1.82) is 0 Å². The van der Waals surface area contributed by atoms with E-state index in [1.165, 1.54) is 18.4 Å². The van der Waals surface area contributed by atoms with Crippen LogP contribution < -0.4 is 10.6 Å². The van der Waals surface area contributed by atoms with E-state index in [1.807, 2.05) is 6.07 Å². The van der Waals surface area contributed by atoms with Crippen LogP contribution >= 0.6 is 0 Å². The Hall–Kier alpha value is -2.27. The summed E-state index contributed by atoms with van der Waals surface area (Å²) in [6, 6.07) is 12.3. The van der Waals surface area contributed by atoms with Crippen LogP contribution in [0.2, 0.25) is 0 Å². The number of amides is 2. The SMILES string of the molecule is O=C(NCc1ccoc1)NC[C@H]1CCCN(Cc2ccccc2)C1. The molecular formula is C19H25N3O2. The normalized spacial score (nSPS) is 18.2. The Kier molecular flexibility index (Phi) is 5.90.